The van der Waals surface area contributed by atoms with Crippen LogP contribution in [-0.4, -0.2) is 26.4 Å². The number of hydrogen-bond acceptors (Lipinski definition) is 4. The van der Waals surface area contributed by atoms with E-state index in [1.165, 1.54) is 5.56 Å². The molecule has 0 radical (unpaired) electrons. The Morgan fingerprint density at radius 2 is 1.59 bits per heavy atom. The number of nitrogens with zero attached hydrogens (tertiary/aromatic N) is 3. The van der Waals surface area contributed by atoms with Crippen LogP contribution in [0.15, 0.2) is 90.1 Å². The van der Waals surface area contributed by atoms with E-state index in [1.54, 1.807) is 11.8 Å². The van der Waals surface area contributed by atoms with Gasteiger partial charge < -0.3 is 5.32 Å². The van der Waals surface area contributed by atoms with E-state index in [0.29, 0.717) is 13.0 Å². The van der Waals surface area contributed by atoms with Crippen LogP contribution in [0.2, 0.25) is 0 Å². The highest BCUT2D eigenvalue weighted by Gasteiger charge is 2.16. The van der Waals surface area contributed by atoms with Crippen LogP contribution in [0, 0.1) is 6.92 Å². The van der Waals surface area contributed by atoms with Crippen molar-refractivity contribution in [2.24, 2.45) is 0 Å². The molecule has 162 valence electrons. The van der Waals surface area contributed by atoms with E-state index in [-0.39, 0.29) is 5.91 Å². The highest BCUT2D eigenvalue weighted by Crippen LogP contribution is 2.28. The monoisotopic (exact) mass is 442 g/mol. The third kappa shape index (κ3) is 5.65. The molecule has 1 aromatic heterocycles. The smallest absolute Gasteiger partial charge is 0.220 e. The number of aromatic nitrogens is 3. The number of hydrogen-bond donors (Lipinski definition) is 1. The van der Waals surface area contributed by atoms with Crippen LogP contribution in [0.3, 0.4) is 0 Å². The minimum atomic E-state index is 0.0689. The molecule has 6 heteroatoms. The Bertz CT molecular complexity index is 1140. The lowest BCUT2D eigenvalue weighted by Gasteiger charge is -2.11. The number of benzene rings is 3. The van der Waals surface area contributed by atoms with Crippen molar-refractivity contribution < 1.29 is 4.79 Å². The van der Waals surface area contributed by atoms with Crippen LogP contribution in [0.5, 0.6) is 0 Å². The summed E-state index contributed by atoms with van der Waals surface area (Å²) in [6.07, 6.45) is 1.26. The van der Waals surface area contributed by atoms with Crippen LogP contribution in [0.1, 0.15) is 24.0 Å². The lowest BCUT2D eigenvalue weighted by atomic mass is 10.2. The molecule has 0 aliphatic rings. The van der Waals surface area contributed by atoms with E-state index in [2.05, 4.69) is 51.3 Å². The van der Waals surface area contributed by atoms with Crippen LogP contribution >= 0.6 is 11.8 Å². The molecule has 0 aliphatic heterocycles. The normalized spacial score (nSPS) is 10.8. The standard InChI is InChI=1S/C26H26N4OS/c1-20-14-16-23(17-15-20)30-25(22-11-6-3-7-12-22)28-29-26(30)32-18-8-13-24(31)27-19-21-9-4-2-5-10-21/h2-7,9-12,14-17H,8,13,18-19H2,1H3,(H,27,31). The quantitative estimate of drug-likeness (QED) is 0.277. The van der Waals surface area contributed by atoms with Gasteiger partial charge in [-0.25, -0.2) is 0 Å². The van der Waals surface area contributed by atoms with E-state index < -0.39 is 0 Å². The van der Waals surface area contributed by atoms with E-state index in [0.717, 1.165) is 40.0 Å². The van der Waals surface area contributed by atoms with Crippen LogP contribution in [-0.2, 0) is 11.3 Å². The van der Waals surface area contributed by atoms with Gasteiger partial charge in [-0.3, -0.25) is 9.36 Å². The van der Waals surface area contributed by atoms with Crippen LogP contribution in [0.25, 0.3) is 17.1 Å². The summed E-state index contributed by atoms with van der Waals surface area (Å²) < 4.78 is 2.09. The molecule has 4 aromatic rings. The Morgan fingerprint density at radius 1 is 0.906 bits per heavy atom. The Labute approximate surface area is 192 Å². The third-order valence-electron chi connectivity index (χ3n) is 5.07. The second kappa shape index (κ2) is 10.8. The van der Waals surface area contributed by atoms with Gasteiger partial charge in [0, 0.05) is 30.0 Å². The molecular formula is C26H26N4OS. The molecule has 0 aliphatic carbocycles. The molecule has 4 rings (SSSR count). The first-order chi connectivity index (χ1) is 15.7. The van der Waals surface area contributed by atoms with Gasteiger partial charge >= 0.3 is 0 Å². The van der Waals surface area contributed by atoms with Gasteiger partial charge in [-0.2, -0.15) is 0 Å². The van der Waals surface area contributed by atoms with Gasteiger partial charge in [0.25, 0.3) is 0 Å². The van der Waals surface area contributed by atoms with Gasteiger partial charge in [0.1, 0.15) is 0 Å². The molecule has 5 nitrogen and oxygen atoms in total. The fraction of sp³-hybridized carbons (Fsp3) is 0.192. The highest BCUT2D eigenvalue weighted by molar-refractivity contribution is 7.99. The molecule has 0 saturated heterocycles. The summed E-state index contributed by atoms with van der Waals surface area (Å²) in [7, 11) is 0. The molecular weight excluding hydrogens is 416 g/mol. The minimum absolute atomic E-state index is 0.0689. The average molecular weight is 443 g/mol. The Morgan fingerprint density at radius 3 is 2.31 bits per heavy atom. The molecule has 1 heterocycles. The minimum Gasteiger partial charge on any atom is -0.352 e. The van der Waals surface area contributed by atoms with Gasteiger partial charge in [0.05, 0.1) is 0 Å². The zero-order chi connectivity index (χ0) is 22.2. The summed E-state index contributed by atoms with van der Waals surface area (Å²) in [4.78, 5) is 12.2. The first kappa shape index (κ1) is 21.8. The van der Waals surface area contributed by atoms with Gasteiger partial charge in [-0.05, 0) is 31.0 Å². The highest BCUT2D eigenvalue weighted by atomic mass is 32.2. The molecule has 32 heavy (non-hydrogen) atoms. The number of aryl methyl sites for hydroxylation is 1. The first-order valence-corrected chi connectivity index (χ1v) is 11.7. The van der Waals surface area contributed by atoms with Crippen LogP contribution < -0.4 is 5.32 Å². The summed E-state index contributed by atoms with van der Waals surface area (Å²) in [5, 5.41) is 12.7. The lowest BCUT2D eigenvalue weighted by molar-refractivity contribution is -0.121. The molecule has 0 bridgehead atoms. The van der Waals surface area contributed by atoms with Crippen molar-refractivity contribution in [2.45, 2.75) is 31.5 Å². The fourth-order valence-corrected chi connectivity index (χ4v) is 4.24. The van der Waals surface area contributed by atoms with Gasteiger partial charge in [0.2, 0.25) is 5.91 Å². The maximum absolute atomic E-state index is 12.2. The largest absolute Gasteiger partial charge is 0.352 e. The predicted octanol–water partition coefficient (Wildman–Crippen LogP) is 5.43. The molecule has 1 amide bonds. The zero-order valence-electron chi connectivity index (χ0n) is 18.1. The Balaban J connectivity index is 1.39. The van der Waals surface area contributed by atoms with Crippen molar-refractivity contribution in [3.8, 4) is 17.1 Å². The van der Waals surface area contributed by atoms with E-state index >= 15 is 0 Å². The second-order valence-electron chi connectivity index (χ2n) is 7.56. The molecule has 0 fully saturated rings. The molecule has 1 N–H and O–H groups in total. The molecule has 0 saturated carbocycles. The summed E-state index contributed by atoms with van der Waals surface area (Å²) in [6, 6.07) is 28.4. The number of carbonyl (C=O) groups is 1. The number of amides is 1. The Kier molecular flexibility index (Phi) is 7.35. The van der Waals surface area contributed by atoms with Crippen molar-refractivity contribution in [1.29, 1.82) is 0 Å². The summed E-state index contributed by atoms with van der Waals surface area (Å²) in [6.45, 7) is 2.64. The van der Waals surface area contributed by atoms with Crippen molar-refractivity contribution >= 4 is 17.7 Å². The van der Waals surface area contributed by atoms with E-state index in [4.69, 9.17) is 0 Å². The van der Waals surface area contributed by atoms with Crippen molar-refractivity contribution in [3.05, 3.63) is 96.1 Å². The van der Waals surface area contributed by atoms with Gasteiger partial charge in [0.15, 0.2) is 11.0 Å². The Hall–Kier alpha value is -3.38. The maximum atomic E-state index is 12.2. The average Bonchev–Trinajstić information content (AvgIpc) is 3.26. The molecule has 0 spiro atoms. The topological polar surface area (TPSA) is 59.8 Å². The summed E-state index contributed by atoms with van der Waals surface area (Å²) in [5.74, 6) is 1.68. The second-order valence-corrected chi connectivity index (χ2v) is 8.62. The van der Waals surface area contributed by atoms with Gasteiger partial charge in [-0.15, -0.1) is 10.2 Å². The molecule has 0 atom stereocenters. The van der Waals surface area contributed by atoms with Crippen molar-refractivity contribution in [3.63, 3.8) is 0 Å². The number of carbonyl (C=O) groups excluding carboxylic acids is 1. The molecule has 3 aromatic carbocycles. The maximum Gasteiger partial charge on any atom is 0.220 e. The van der Waals surface area contributed by atoms with Crippen LogP contribution in [0.4, 0.5) is 0 Å². The third-order valence-corrected chi connectivity index (χ3v) is 6.08. The van der Waals surface area contributed by atoms with E-state index in [1.807, 2.05) is 60.7 Å². The molecule has 0 unspecified atom stereocenters. The van der Waals surface area contributed by atoms with Crippen molar-refractivity contribution in [1.82, 2.24) is 20.1 Å². The number of rotatable bonds is 9. The summed E-state index contributed by atoms with van der Waals surface area (Å²) >= 11 is 1.63. The van der Waals surface area contributed by atoms with Gasteiger partial charge in [-0.1, -0.05) is 90.1 Å². The fourth-order valence-electron chi connectivity index (χ4n) is 3.35. The number of nitrogens with one attached hydrogen (secondary N) is 1. The van der Waals surface area contributed by atoms with E-state index in [9.17, 15) is 4.79 Å². The summed E-state index contributed by atoms with van der Waals surface area (Å²) in [5.41, 5.74) is 4.36. The number of thioether (sulfide) groups is 1. The van der Waals surface area contributed by atoms with Crippen molar-refractivity contribution in [2.75, 3.05) is 5.75 Å². The lowest BCUT2D eigenvalue weighted by Crippen LogP contribution is -2.22. The zero-order valence-corrected chi connectivity index (χ0v) is 18.9. The SMILES string of the molecule is Cc1ccc(-n2c(SCCCC(=O)NCc3ccccc3)nnc2-c2ccccc2)cc1. The predicted molar refractivity (Wildman–Crippen MR) is 130 cm³/mol. The first-order valence-electron chi connectivity index (χ1n) is 10.7.